The van der Waals surface area contributed by atoms with Gasteiger partial charge in [0.25, 0.3) is 0 Å². The molecule has 0 aromatic carbocycles. The van der Waals surface area contributed by atoms with Crippen molar-refractivity contribution in [3.8, 4) is 0 Å². The van der Waals surface area contributed by atoms with Crippen LogP contribution in [0.4, 0.5) is 0 Å². The summed E-state index contributed by atoms with van der Waals surface area (Å²) in [4.78, 5) is 2.55. The second-order valence-corrected chi connectivity index (χ2v) is 4.20. The third kappa shape index (κ3) is 5.61. The topological polar surface area (TPSA) is 15.3 Å². The van der Waals surface area contributed by atoms with Crippen molar-refractivity contribution in [1.29, 1.82) is 0 Å². The summed E-state index contributed by atoms with van der Waals surface area (Å²) in [5.41, 5.74) is 0. The lowest BCUT2D eigenvalue weighted by Gasteiger charge is -2.14. The normalized spacial score (nSPS) is 17.8. The van der Waals surface area contributed by atoms with E-state index in [0.29, 0.717) is 0 Å². The van der Waals surface area contributed by atoms with Gasteiger partial charge >= 0.3 is 0 Å². The summed E-state index contributed by atoms with van der Waals surface area (Å²) in [5, 5.41) is 3.40. The lowest BCUT2D eigenvalue weighted by molar-refractivity contribution is 0.339. The van der Waals surface area contributed by atoms with Gasteiger partial charge in [-0.3, -0.25) is 0 Å². The van der Waals surface area contributed by atoms with Gasteiger partial charge in [0.1, 0.15) is 0 Å². The van der Waals surface area contributed by atoms with E-state index in [4.69, 9.17) is 0 Å². The van der Waals surface area contributed by atoms with E-state index >= 15 is 0 Å². The molecule has 0 unspecified atom stereocenters. The Kier molecular flexibility index (Phi) is 7.06. The maximum Gasteiger partial charge on any atom is 0.0221 e. The van der Waals surface area contributed by atoms with Gasteiger partial charge in [0.15, 0.2) is 0 Å². The molecule has 1 aliphatic rings. The van der Waals surface area contributed by atoms with Crippen molar-refractivity contribution in [2.24, 2.45) is 0 Å². The average molecular weight is 197 g/mol. The maximum atomic E-state index is 3.40. The van der Waals surface area contributed by atoms with Crippen LogP contribution < -0.4 is 5.32 Å². The number of rotatable bonds is 8. The molecule has 83 valence electrons. The number of hydrogen-bond donors (Lipinski definition) is 1. The predicted octanol–water partition coefficient (Wildman–Crippen LogP) is 2.41. The van der Waals surface area contributed by atoms with Gasteiger partial charge in [-0.2, -0.15) is 0 Å². The molecule has 0 bridgehead atoms. The summed E-state index contributed by atoms with van der Waals surface area (Å²) >= 11 is 0. The van der Waals surface area contributed by atoms with Crippen molar-refractivity contribution in [2.45, 2.75) is 45.4 Å². The Morgan fingerprint density at radius 3 is 2.71 bits per heavy atom. The molecule has 14 heavy (non-hydrogen) atoms. The molecule has 1 fully saturated rings. The Morgan fingerprint density at radius 1 is 1.21 bits per heavy atom. The van der Waals surface area contributed by atoms with Gasteiger partial charge in [0.05, 0.1) is 0 Å². The van der Waals surface area contributed by atoms with Crippen molar-refractivity contribution in [1.82, 2.24) is 10.2 Å². The molecule has 0 atom stereocenters. The van der Waals surface area contributed by atoms with Gasteiger partial charge in [-0.25, -0.2) is 0 Å². The third-order valence-corrected chi connectivity index (χ3v) is 2.87. The zero-order valence-corrected chi connectivity index (χ0v) is 9.60. The molecular weight excluding hydrogens is 172 g/mol. The molecule has 0 aliphatic carbocycles. The molecule has 2 nitrogen and oxygen atoms in total. The first kappa shape index (κ1) is 12.0. The van der Waals surface area contributed by atoms with Gasteiger partial charge in [-0.15, -0.1) is 0 Å². The minimum Gasteiger partial charge on any atom is -0.311 e. The minimum atomic E-state index is 1.13. The van der Waals surface area contributed by atoms with Crippen LogP contribution in [0.25, 0.3) is 0 Å². The van der Waals surface area contributed by atoms with Crippen LogP contribution in [0.1, 0.15) is 45.4 Å². The van der Waals surface area contributed by atoms with E-state index in [0.717, 1.165) is 6.54 Å². The summed E-state index contributed by atoms with van der Waals surface area (Å²) in [6.07, 6.45) is 8.06. The van der Waals surface area contributed by atoms with Crippen LogP contribution in [0.2, 0.25) is 0 Å². The molecule has 0 aromatic rings. The van der Waals surface area contributed by atoms with Crippen LogP contribution in [0.3, 0.4) is 0 Å². The Bertz CT molecular complexity index is 119. The second-order valence-electron chi connectivity index (χ2n) is 4.20. The molecule has 0 spiro atoms. The first-order chi connectivity index (χ1) is 6.93. The largest absolute Gasteiger partial charge is 0.311 e. The van der Waals surface area contributed by atoms with E-state index in [1.54, 1.807) is 0 Å². The lowest BCUT2D eigenvalue weighted by Crippen LogP contribution is -2.28. The van der Waals surface area contributed by atoms with Crippen molar-refractivity contribution in [3.05, 3.63) is 6.54 Å². The number of unbranched alkanes of at least 4 members (excludes halogenated alkanes) is 3. The summed E-state index contributed by atoms with van der Waals surface area (Å²) in [6, 6.07) is 0. The van der Waals surface area contributed by atoms with E-state index in [1.165, 1.54) is 58.2 Å². The van der Waals surface area contributed by atoms with Crippen molar-refractivity contribution in [3.63, 3.8) is 0 Å². The van der Waals surface area contributed by atoms with E-state index in [2.05, 4.69) is 23.7 Å². The first-order valence-electron chi connectivity index (χ1n) is 6.21. The fourth-order valence-corrected chi connectivity index (χ4v) is 1.93. The third-order valence-electron chi connectivity index (χ3n) is 2.87. The second kappa shape index (κ2) is 8.25. The van der Waals surface area contributed by atoms with Crippen LogP contribution in [-0.4, -0.2) is 31.1 Å². The quantitative estimate of drug-likeness (QED) is 0.601. The summed E-state index contributed by atoms with van der Waals surface area (Å²) < 4.78 is 0. The smallest absolute Gasteiger partial charge is 0.0221 e. The molecule has 0 saturated carbocycles. The molecule has 1 aliphatic heterocycles. The van der Waals surface area contributed by atoms with Crippen LogP contribution in [0, 0.1) is 6.54 Å². The molecule has 1 heterocycles. The number of likely N-dealkylation sites (tertiary alicyclic amines) is 1. The molecular formula is C12H25N2. The molecule has 1 rings (SSSR count). The Hall–Kier alpha value is -0.0800. The van der Waals surface area contributed by atoms with E-state index < -0.39 is 0 Å². The fraction of sp³-hybridized carbons (Fsp3) is 0.917. The Labute approximate surface area is 89.1 Å². The van der Waals surface area contributed by atoms with Crippen molar-refractivity contribution >= 4 is 0 Å². The molecule has 1 saturated heterocycles. The standard InChI is InChI=1S/C12H25N2/c1-2-3-4-5-8-13-9-12-14-10-6-7-11-14/h8,13H,2-7,9-12H2,1H3. The van der Waals surface area contributed by atoms with Crippen LogP contribution in [0.15, 0.2) is 0 Å². The zero-order valence-electron chi connectivity index (χ0n) is 9.60. The molecule has 0 aromatic heterocycles. The average Bonchev–Trinajstić information content (AvgIpc) is 2.69. The van der Waals surface area contributed by atoms with Crippen LogP contribution in [0.5, 0.6) is 0 Å². The highest BCUT2D eigenvalue weighted by Gasteiger charge is 2.09. The van der Waals surface area contributed by atoms with E-state index in [9.17, 15) is 0 Å². The predicted molar refractivity (Wildman–Crippen MR) is 62.1 cm³/mol. The van der Waals surface area contributed by atoms with Gasteiger partial charge in [0.2, 0.25) is 0 Å². The number of hydrogen-bond acceptors (Lipinski definition) is 2. The minimum absolute atomic E-state index is 1.13. The van der Waals surface area contributed by atoms with Crippen LogP contribution in [-0.2, 0) is 0 Å². The summed E-state index contributed by atoms with van der Waals surface area (Å²) in [6.45, 7) is 9.48. The zero-order chi connectivity index (χ0) is 10.1. The monoisotopic (exact) mass is 197 g/mol. The maximum absolute atomic E-state index is 3.40. The van der Waals surface area contributed by atoms with E-state index in [-0.39, 0.29) is 0 Å². The number of nitrogens with one attached hydrogen (secondary N) is 1. The Balaban J connectivity index is 1.75. The van der Waals surface area contributed by atoms with Gasteiger partial charge < -0.3 is 10.2 Å². The summed E-state index contributed by atoms with van der Waals surface area (Å²) in [5.74, 6) is 0. The van der Waals surface area contributed by atoms with Crippen molar-refractivity contribution < 1.29 is 0 Å². The van der Waals surface area contributed by atoms with Gasteiger partial charge in [-0.05, 0) is 32.4 Å². The highest BCUT2D eigenvalue weighted by Crippen LogP contribution is 2.05. The molecule has 1 radical (unpaired) electrons. The fourth-order valence-electron chi connectivity index (χ4n) is 1.93. The lowest BCUT2D eigenvalue weighted by atomic mass is 10.2. The number of nitrogens with zero attached hydrogens (tertiary/aromatic N) is 1. The van der Waals surface area contributed by atoms with Gasteiger partial charge in [0, 0.05) is 19.6 Å². The highest BCUT2D eigenvalue weighted by atomic mass is 15.1. The SMILES string of the molecule is CCCCC[CH]NCCN1CCCC1. The van der Waals surface area contributed by atoms with Crippen LogP contribution >= 0.6 is 0 Å². The molecule has 0 amide bonds. The van der Waals surface area contributed by atoms with Crippen molar-refractivity contribution in [2.75, 3.05) is 26.2 Å². The van der Waals surface area contributed by atoms with Gasteiger partial charge in [-0.1, -0.05) is 26.2 Å². The van der Waals surface area contributed by atoms with E-state index in [1.807, 2.05) is 0 Å². The Morgan fingerprint density at radius 2 is 2.00 bits per heavy atom. The molecule has 1 N–H and O–H groups in total. The molecule has 2 heteroatoms. The highest BCUT2D eigenvalue weighted by molar-refractivity contribution is 4.69. The first-order valence-corrected chi connectivity index (χ1v) is 6.21. The summed E-state index contributed by atoms with van der Waals surface area (Å²) in [7, 11) is 0.